The highest BCUT2D eigenvalue weighted by atomic mass is 32.1. The van der Waals surface area contributed by atoms with Gasteiger partial charge in [0.1, 0.15) is 0 Å². The summed E-state index contributed by atoms with van der Waals surface area (Å²) >= 11 is 1.76. The van der Waals surface area contributed by atoms with Crippen molar-refractivity contribution < 1.29 is 0 Å². The number of rotatable bonds is 8. The van der Waals surface area contributed by atoms with E-state index < -0.39 is 0 Å². The van der Waals surface area contributed by atoms with Gasteiger partial charge in [-0.05, 0) is 46.7 Å². The highest BCUT2D eigenvalue weighted by Gasteiger charge is 2.26. The van der Waals surface area contributed by atoms with E-state index >= 15 is 0 Å². The van der Waals surface area contributed by atoms with E-state index in [0.717, 1.165) is 19.3 Å². The number of hydrogen-bond donors (Lipinski definition) is 2. The van der Waals surface area contributed by atoms with Gasteiger partial charge in [-0.3, -0.25) is 11.3 Å². The summed E-state index contributed by atoms with van der Waals surface area (Å²) in [5, 5.41) is 4.37. The van der Waals surface area contributed by atoms with Gasteiger partial charge in [-0.25, -0.2) is 0 Å². The number of nitrogens with two attached hydrogens (primary N) is 1. The third-order valence-electron chi connectivity index (χ3n) is 4.41. The fourth-order valence-electron chi connectivity index (χ4n) is 3.01. The third kappa shape index (κ3) is 4.40. The lowest BCUT2D eigenvalue weighted by Crippen LogP contribution is -2.42. The standard InChI is InChI=1S/C18H26N2S/c1-3-14(2)18(16-7-5-4-6-8-16)17(20-19)10-9-15-11-12-21-13-15/h4-8,11-14,17-18,20H,3,9-10,19H2,1-2H3. The van der Waals surface area contributed by atoms with Gasteiger partial charge >= 0.3 is 0 Å². The number of nitrogens with one attached hydrogen (secondary N) is 1. The molecule has 1 aromatic heterocycles. The van der Waals surface area contributed by atoms with Crippen molar-refractivity contribution in [2.24, 2.45) is 11.8 Å². The van der Waals surface area contributed by atoms with Crippen LogP contribution < -0.4 is 11.3 Å². The Kier molecular flexibility index (Phi) is 6.43. The second kappa shape index (κ2) is 8.32. The monoisotopic (exact) mass is 302 g/mol. The van der Waals surface area contributed by atoms with E-state index in [9.17, 15) is 0 Å². The fourth-order valence-corrected chi connectivity index (χ4v) is 3.71. The third-order valence-corrected chi connectivity index (χ3v) is 5.15. The molecule has 3 atom stereocenters. The maximum Gasteiger partial charge on any atom is 0.0284 e. The molecule has 2 rings (SSSR count). The molecule has 0 radical (unpaired) electrons. The molecule has 0 aliphatic heterocycles. The molecule has 0 aliphatic carbocycles. The Bertz CT molecular complexity index is 495. The van der Waals surface area contributed by atoms with Crippen LogP contribution in [0.2, 0.25) is 0 Å². The van der Waals surface area contributed by atoms with Gasteiger partial charge in [-0.15, -0.1) is 0 Å². The van der Waals surface area contributed by atoms with Gasteiger partial charge in [0, 0.05) is 12.0 Å². The summed E-state index contributed by atoms with van der Waals surface area (Å²) in [5.41, 5.74) is 5.88. The van der Waals surface area contributed by atoms with Crippen LogP contribution in [-0.4, -0.2) is 6.04 Å². The van der Waals surface area contributed by atoms with E-state index in [4.69, 9.17) is 5.84 Å². The smallest absolute Gasteiger partial charge is 0.0284 e. The summed E-state index contributed by atoms with van der Waals surface area (Å²) in [7, 11) is 0. The maximum atomic E-state index is 5.90. The lowest BCUT2D eigenvalue weighted by Gasteiger charge is -2.31. The van der Waals surface area contributed by atoms with E-state index in [2.05, 4.69) is 66.4 Å². The SMILES string of the molecule is CCC(C)C(c1ccccc1)C(CCc1ccsc1)NN. The molecule has 3 unspecified atom stereocenters. The number of hydrazine groups is 1. The first kappa shape index (κ1) is 16.2. The average Bonchev–Trinajstić information content (AvgIpc) is 3.05. The largest absolute Gasteiger partial charge is 0.271 e. The van der Waals surface area contributed by atoms with Crippen LogP contribution >= 0.6 is 11.3 Å². The van der Waals surface area contributed by atoms with Crippen LogP contribution in [0.1, 0.15) is 43.7 Å². The van der Waals surface area contributed by atoms with Crippen molar-refractivity contribution in [1.29, 1.82) is 0 Å². The van der Waals surface area contributed by atoms with E-state index in [0.29, 0.717) is 17.9 Å². The molecule has 1 heterocycles. The van der Waals surface area contributed by atoms with Crippen molar-refractivity contribution in [3.63, 3.8) is 0 Å². The normalized spacial score (nSPS) is 15.6. The van der Waals surface area contributed by atoms with Gasteiger partial charge in [-0.1, -0.05) is 50.6 Å². The first-order valence-electron chi connectivity index (χ1n) is 7.78. The van der Waals surface area contributed by atoms with Crippen LogP contribution in [0.15, 0.2) is 47.2 Å². The molecule has 3 N–H and O–H groups in total. The molecule has 0 amide bonds. The lowest BCUT2D eigenvalue weighted by molar-refractivity contribution is 0.323. The molecule has 0 saturated heterocycles. The van der Waals surface area contributed by atoms with Crippen molar-refractivity contribution in [2.75, 3.05) is 0 Å². The molecular formula is C18H26N2S. The lowest BCUT2D eigenvalue weighted by atomic mass is 9.78. The van der Waals surface area contributed by atoms with Crippen molar-refractivity contribution in [3.8, 4) is 0 Å². The topological polar surface area (TPSA) is 38.0 Å². The van der Waals surface area contributed by atoms with Crippen LogP contribution in [0.4, 0.5) is 0 Å². The minimum absolute atomic E-state index is 0.308. The average molecular weight is 302 g/mol. The van der Waals surface area contributed by atoms with Crippen molar-refractivity contribution >= 4 is 11.3 Å². The number of hydrogen-bond acceptors (Lipinski definition) is 3. The fraction of sp³-hybridized carbons (Fsp3) is 0.444. The second-order valence-electron chi connectivity index (χ2n) is 5.77. The zero-order valence-corrected chi connectivity index (χ0v) is 13.8. The van der Waals surface area contributed by atoms with E-state index in [1.54, 1.807) is 11.3 Å². The molecule has 3 heteroatoms. The highest BCUT2D eigenvalue weighted by molar-refractivity contribution is 7.07. The Hall–Kier alpha value is -1.16. The molecule has 1 aromatic carbocycles. The Morgan fingerprint density at radius 3 is 2.52 bits per heavy atom. The van der Waals surface area contributed by atoms with Crippen LogP contribution in [0, 0.1) is 5.92 Å². The molecule has 2 aromatic rings. The van der Waals surface area contributed by atoms with Crippen LogP contribution in [0.3, 0.4) is 0 Å². The minimum atomic E-state index is 0.308. The molecule has 0 aliphatic rings. The Morgan fingerprint density at radius 2 is 1.95 bits per heavy atom. The summed E-state index contributed by atoms with van der Waals surface area (Å²) in [5.74, 6) is 6.96. The van der Waals surface area contributed by atoms with Crippen molar-refractivity contribution in [2.45, 2.75) is 45.1 Å². The molecule has 21 heavy (non-hydrogen) atoms. The van der Waals surface area contributed by atoms with Crippen molar-refractivity contribution in [1.82, 2.24) is 5.43 Å². The first-order valence-corrected chi connectivity index (χ1v) is 8.72. The van der Waals surface area contributed by atoms with Gasteiger partial charge in [-0.2, -0.15) is 11.3 Å². The van der Waals surface area contributed by atoms with Crippen LogP contribution in [0.25, 0.3) is 0 Å². The predicted octanol–water partition coefficient (Wildman–Crippen LogP) is 4.34. The zero-order valence-electron chi connectivity index (χ0n) is 13.0. The van der Waals surface area contributed by atoms with Crippen LogP contribution in [0.5, 0.6) is 0 Å². The van der Waals surface area contributed by atoms with E-state index in [1.165, 1.54) is 11.1 Å². The Labute approximate surface area is 132 Å². The Morgan fingerprint density at radius 1 is 1.19 bits per heavy atom. The van der Waals surface area contributed by atoms with Crippen molar-refractivity contribution in [3.05, 3.63) is 58.3 Å². The molecule has 0 saturated carbocycles. The number of benzene rings is 1. The minimum Gasteiger partial charge on any atom is -0.271 e. The molecule has 0 spiro atoms. The highest BCUT2D eigenvalue weighted by Crippen LogP contribution is 2.32. The molecule has 0 bridgehead atoms. The first-order chi connectivity index (χ1) is 10.3. The number of aryl methyl sites for hydroxylation is 1. The quantitative estimate of drug-likeness (QED) is 0.562. The van der Waals surface area contributed by atoms with Gasteiger partial charge < -0.3 is 0 Å². The summed E-state index contributed by atoms with van der Waals surface area (Å²) in [6.07, 6.45) is 3.31. The number of thiophene rings is 1. The molecule has 2 nitrogen and oxygen atoms in total. The van der Waals surface area contributed by atoms with E-state index in [-0.39, 0.29) is 0 Å². The Balaban J connectivity index is 2.13. The molecule has 0 fully saturated rings. The summed E-state index contributed by atoms with van der Waals surface area (Å²) < 4.78 is 0. The zero-order chi connectivity index (χ0) is 15.1. The van der Waals surface area contributed by atoms with Crippen LogP contribution in [-0.2, 0) is 6.42 Å². The summed E-state index contributed by atoms with van der Waals surface area (Å²) in [4.78, 5) is 0. The van der Waals surface area contributed by atoms with Gasteiger partial charge in [0.2, 0.25) is 0 Å². The molecule has 114 valence electrons. The van der Waals surface area contributed by atoms with Gasteiger partial charge in [0.05, 0.1) is 0 Å². The summed E-state index contributed by atoms with van der Waals surface area (Å²) in [6, 6.07) is 13.3. The maximum absolute atomic E-state index is 5.90. The predicted molar refractivity (Wildman–Crippen MR) is 92.4 cm³/mol. The van der Waals surface area contributed by atoms with Gasteiger partial charge in [0.15, 0.2) is 0 Å². The van der Waals surface area contributed by atoms with Gasteiger partial charge in [0.25, 0.3) is 0 Å². The second-order valence-corrected chi connectivity index (χ2v) is 6.55. The van der Waals surface area contributed by atoms with E-state index in [1.807, 2.05) is 0 Å². The molecular weight excluding hydrogens is 276 g/mol. The summed E-state index contributed by atoms with van der Waals surface area (Å²) in [6.45, 7) is 4.58.